The van der Waals surface area contributed by atoms with Gasteiger partial charge in [-0.05, 0) is 62.8 Å². The van der Waals surface area contributed by atoms with Crippen LogP contribution in [0, 0.1) is 6.92 Å². The number of hydrogen-bond donors (Lipinski definition) is 3. The largest absolute Gasteiger partial charge is 0.430 e. The number of sulfonamides is 1. The van der Waals surface area contributed by atoms with Crippen molar-refractivity contribution in [2.45, 2.75) is 86.5 Å². The molecule has 0 aromatic heterocycles. The molecule has 14 heteroatoms. The van der Waals surface area contributed by atoms with Gasteiger partial charge in [-0.2, -0.15) is 26.3 Å². The van der Waals surface area contributed by atoms with E-state index in [4.69, 9.17) is 0 Å². The van der Waals surface area contributed by atoms with E-state index in [-0.39, 0.29) is 41.5 Å². The molecular weight excluding hydrogens is 566 g/mol. The number of benzene rings is 2. The number of carbonyl (C=O) groups excluding carboxylic acids is 1. The summed E-state index contributed by atoms with van der Waals surface area (Å²) >= 11 is 0. The Morgan fingerprint density at radius 3 is 2.17 bits per heavy atom. The van der Waals surface area contributed by atoms with Gasteiger partial charge in [-0.1, -0.05) is 29.8 Å². The van der Waals surface area contributed by atoms with Crippen LogP contribution in [0.2, 0.25) is 0 Å². The van der Waals surface area contributed by atoms with Gasteiger partial charge in [-0.25, -0.2) is 8.42 Å². The van der Waals surface area contributed by atoms with Crippen molar-refractivity contribution in [1.29, 1.82) is 0 Å². The third-order valence-electron chi connectivity index (χ3n) is 7.40. The van der Waals surface area contributed by atoms with Gasteiger partial charge in [0, 0.05) is 18.0 Å². The van der Waals surface area contributed by atoms with Gasteiger partial charge >= 0.3 is 12.4 Å². The Labute approximate surface area is 226 Å². The molecular formula is C26H28F6N2O5S. The second kappa shape index (κ2) is 10.5. The van der Waals surface area contributed by atoms with E-state index in [1.807, 2.05) is 0 Å². The molecule has 4 rings (SSSR count). The molecule has 220 valence electrons. The summed E-state index contributed by atoms with van der Waals surface area (Å²) < 4.78 is 109. The number of nitrogens with one attached hydrogen (secondary N) is 1. The SMILES string of the molecule is Cc1ccc(S(=O)(=O)N2c3ccc(C(O)(C(F)(F)F)C(F)(F)F)cc3CC[C@H]2CC(=O)NC2CC[C@@H](O)C2)cc1. The summed E-state index contributed by atoms with van der Waals surface area (Å²) in [5, 5.41) is 22.3. The molecule has 3 N–H and O–H groups in total. The summed E-state index contributed by atoms with van der Waals surface area (Å²) in [7, 11) is -4.42. The molecule has 2 aromatic rings. The van der Waals surface area contributed by atoms with Crippen LogP contribution in [-0.4, -0.2) is 55.1 Å². The third-order valence-corrected chi connectivity index (χ3v) is 9.28. The Kier molecular flexibility index (Phi) is 7.93. The molecule has 1 saturated carbocycles. The number of hydrogen-bond acceptors (Lipinski definition) is 5. The first-order valence-electron chi connectivity index (χ1n) is 12.5. The fourth-order valence-electron chi connectivity index (χ4n) is 5.27. The number of anilines is 1. The van der Waals surface area contributed by atoms with Crippen molar-refractivity contribution < 1.29 is 49.8 Å². The third kappa shape index (κ3) is 5.53. The van der Waals surface area contributed by atoms with Crippen molar-refractivity contribution >= 4 is 21.6 Å². The highest BCUT2D eigenvalue weighted by atomic mass is 32.2. The van der Waals surface area contributed by atoms with Crippen LogP contribution >= 0.6 is 0 Å². The van der Waals surface area contributed by atoms with Crippen LogP contribution in [-0.2, 0) is 26.8 Å². The predicted molar refractivity (Wildman–Crippen MR) is 132 cm³/mol. The quantitative estimate of drug-likeness (QED) is 0.434. The highest BCUT2D eigenvalue weighted by Gasteiger charge is 2.71. The van der Waals surface area contributed by atoms with E-state index in [1.54, 1.807) is 6.92 Å². The lowest BCUT2D eigenvalue weighted by atomic mass is 9.87. The van der Waals surface area contributed by atoms with Crippen LogP contribution < -0.4 is 9.62 Å². The topological polar surface area (TPSA) is 107 Å². The molecule has 1 aliphatic carbocycles. The van der Waals surface area contributed by atoms with Gasteiger partial charge in [0.05, 0.1) is 22.7 Å². The van der Waals surface area contributed by atoms with E-state index >= 15 is 0 Å². The minimum Gasteiger partial charge on any atom is -0.393 e. The number of rotatable bonds is 6. The van der Waals surface area contributed by atoms with Crippen LogP contribution in [0.5, 0.6) is 0 Å². The van der Waals surface area contributed by atoms with Gasteiger partial charge in [0.1, 0.15) is 0 Å². The van der Waals surface area contributed by atoms with E-state index in [0.717, 1.165) is 15.9 Å². The number of aryl methyl sites for hydroxylation is 2. The molecule has 0 radical (unpaired) electrons. The van der Waals surface area contributed by atoms with E-state index in [0.29, 0.717) is 31.4 Å². The fourth-order valence-corrected chi connectivity index (χ4v) is 6.99. The van der Waals surface area contributed by atoms with Crippen LogP contribution in [0.25, 0.3) is 0 Å². The first kappa shape index (κ1) is 30.1. The van der Waals surface area contributed by atoms with Gasteiger partial charge in [-0.15, -0.1) is 0 Å². The van der Waals surface area contributed by atoms with Crippen molar-refractivity contribution in [2.75, 3.05) is 4.31 Å². The molecule has 40 heavy (non-hydrogen) atoms. The maximum atomic E-state index is 13.8. The predicted octanol–water partition coefficient (Wildman–Crippen LogP) is 4.24. The minimum atomic E-state index is -6.10. The molecule has 7 nitrogen and oxygen atoms in total. The normalized spacial score (nSPS) is 22.2. The van der Waals surface area contributed by atoms with Gasteiger partial charge in [0.15, 0.2) is 0 Å². The second-order valence-corrected chi connectivity index (χ2v) is 12.1. The lowest BCUT2D eigenvalue weighted by Gasteiger charge is -2.39. The number of carbonyl (C=O) groups is 1. The van der Waals surface area contributed by atoms with Gasteiger partial charge < -0.3 is 15.5 Å². The number of fused-ring (bicyclic) bond motifs is 1. The molecule has 0 spiro atoms. The van der Waals surface area contributed by atoms with Crippen molar-refractivity contribution in [1.82, 2.24) is 5.32 Å². The van der Waals surface area contributed by atoms with Crippen LogP contribution in [0.4, 0.5) is 32.0 Å². The number of nitrogens with zero attached hydrogens (tertiary/aromatic N) is 1. The molecule has 3 atom stereocenters. The highest BCUT2D eigenvalue weighted by Crippen LogP contribution is 2.51. The standard InChI is InChI=1S/C26H28F6N2O5S/c1-15-2-9-21(10-3-15)40(38,39)34-19(14-23(36)33-18-6-8-20(35)13-18)7-4-16-12-17(5-11-22(16)34)24(37,25(27,28)29)26(30,31)32/h2-3,5,9-12,18-20,35,37H,4,6-8,13-14H2,1H3,(H,33,36)/t18?,19-,20+/m0/s1. The van der Waals surface area contributed by atoms with Gasteiger partial charge in [-0.3, -0.25) is 9.10 Å². The molecule has 1 heterocycles. The molecule has 2 aromatic carbocycles. The van der Waals surface area contributed by atoms with E-state index in [9.17, 15) is 49.8 Å². The lowest BCUT2D eigenvalue weighted by molar-refractivity contribution is -0.376. The second-order valence-electron chi connectivity index (χ2n) is 10.3. The molecule has 1 aliphatic heterocycles. The summed E-state index contributed by atoms with van der Waals surface area (Å²) in [5.41, 5.74) is -6.25. The van der Waals surface area contributed by atoms with Crippen molar-refractivity contribution in [2.24, 2.45) is 0 Å². The zero-order valence-electron chi connectivity index (χ0n) is 21.3. The van der Waals surface area contributed by atoms with Gasteiger partial charge in [0.2, 0.25) is 5.91 Å². The summed E-state index contributed by atoms with van der Waals surface area (Å²) in [4.78, 5) is 12.7. The summed E-state index contributed by atoms with van der Waals surface area (Å²) in [6.45, 7) is 1.73. The molecule has 1 amide bonds. The van der Waals surface area contributed by atoms with Gasteiger partial charge in [0.25, 0.3) is 15.6 Å². The van der Waals surface area contributed by atoms with E-state index in [2.05, 4.69) is 5.32 Å². The summed E-state index contributed by atoms with van der Waals surface area (Å²) in [6.07, 6.45) is -11.9. The Morgan fingerprint density at radius 1 is 1.00 bits per heavy atom. The van der Waals surface area contributed by atoms with Crippen molar-refractivity contribution in [3.63, 3.8) is 0 Å². The average Bonchev–Trinajstić information content (AvgIpc) is 3.25. The van der Waals surface area contributed by atoms with E-state index < -0.39 is 51.6 Å². The van der Waals surface area contributed by atoms with Crippen LogP contribution in [0.1, 0.15) is 48.8 Å². The van der Waals surface area contributed by atoms with Crippen molar-refractivity contribution in [3.8, 4) is 0 Å². The molecule has 2 aliphatic rings. The highest BCUT2D eigenvalue weighted by molar-refractivity contribution is 7.92. The van der Waals surface area contributed by atoms with Crippen LogP contribution in [0.15, 0.2) is 47.4 Å². The lowest BCUT2D eigenvalue weighted by Crippen LogP contribution is -2.54. The Bertz CT molecular complexity index is 1350. The molecule has 1 fully saturated rings. The zero-order chi connectivity index (χ0) is 29.7. The van der Waals surface area contributed by atoms with Crippen molar-refractivity contribution in [3.05, 3.63) is 59.2 Å². The Balaban J connectivity index is 1.76. The number of aliphatic hydroxyl groups excluding tert-OH is 1. The zero-order valence-corrected chi connectivity index (χ0v) is 22.1. The number of aliphatic hydroxyl groups is 2. The maximum absolute atomic E-state index is 13.8. The van der Waals surface area contributed by atoms with Crippen LogP contribution in [0.3, 0.4) is 0 Å². The monoisotopic (exact) mass is 594 g/mol. The molecule has 0 bridgehead atoms. The number of alkyl halides is 6. The maximum Gasteiger partial charge on any atom is 0.430 e. The first-order valence-corrected chi connectivity index (χ1v) is 14.0. The summed E-state index contributed by atoms with van der Waals surface area (Å²) in [5.74, 6) is -0.503. The number of halogens is 6. The fraction of sp³-hybridized carbons (Fsp3) is 0.500. The van der Waals surface area contributed by atoms with E-state index in [1.165, 1.54) is 24.3 Å². The molecule has 1 unspecified atom stereocenters. The summed E-state index contributed by atoms with van der Waals surface area (Å²) in [6, 6.07) is 6.11. The Hall–Kier alpha value is -2.84. The number of amides is 1. The Morgan fingerprint density at radius 2 is 1.62 bits per heavy atom. The minimum absolute atomic E-state index is 0.0846. The first-order chi connectivity index (χ1) is 18.4. The molecule has 0 saturated heterocycles. The average molecular weight is 595 g/mol. The smallest absolute Gasteiger partial charge is 0.393 e.